The van der Waals surface area contributed by atoms with Crippen molar-refractivity contribution in [3.05, 3.63) is 85.5 Å². The Morgan fingerprint density at radius 3 is 2.82 bits per heavy atom. The first-order valence-electron chi connectivity index (χ1n) is 12.2. The maximum Gasteiger partial charge on any atom is 0.331 e. The third-order valence-corrected chi connectivity index (χ3v) is 6.84. The monoisotopic (exact) mass is 562 g/mol. The number of aryl methyl sites for hydroxylation is 2. The van der Waals surface area contributed by atoms with Crippen molar-refractivity contribution in [3.63, 3.8) is 0 Å². The average Bonchev–Trinajstić information content (AvgIpc) is 3.28. The molecule has 1 saturated heterocycles. The van der Waals surface area contributed by atoms with E-state index in [0.29, 0.717) is 28.2 Å². The number of ether oxygens (including phenoxy) is 1. The third-order valence-electron chi connectivity index (χ3n) is 6.62. The van der Waals surface area contributed by atoms with E-state index in [-0.39, 0.29) is 37.7 Å². The first-order valence-corrected chi connectivity index (χ1v) is 12.6. The summed E-state index contributed by atoms with van der Waals surface area (Å²) in [7, 11) is 0. The molecule has 202 valence electrons. The predicted molar refractivity (Wildman–Crippen MR) is 146 cm³/mol. The number of hydrogen-bond donors (Lipinski definition) is 1. The first kappa shape index (κ1) is 28.0. The molecular formula is C26H29Cl2FN6O3. The minimum Gasteiger partial charge on any atom is -0.372 e. The quantitative estimate of drug-likeness (QED) is 0.372. The van der Waals surface area contributed by atoms with E-state index in [1.807, 2.05) is 25.1 Å². The first-order chi connectivity index (χ1) is 17.8. The summed E-state index contributed by atoms with van der Waals surface area (Å²) in [6.07, 6.45) is 5.37. The van der Waals surface area contributed by atoms with Crippen LogP contribution in [-0.2, 0) is 24.2 Å². The summed E-state index contributed by atoms with van der Waals surface area (Å²) in [5.74, 6) is 0. The molecule has 12 heteroatoms. The molecule has 1 N–H and O–H groups in total. The largest absolute Gasteiger partial charge is 0.372 e. The molecule has 0 saturated carbocycles. The summed E-state index contributed by atoms with van der Waals surface area (Å²) in [6.45, 7) is 4.87. The molecule has 1 unspecified atom stereocenters. The smallest absolute Gasteiger partial charge is 0.331 e. The number of nitrogens with one attached hydrogen (secondary N) is 1. The molecule has 0 bridgehead atoms. The molecule has 1 aliphatic heterocycles. The molecule has 2 atom stereocenters. The topological polar surface area (TPSA) is 95.5 Å². The van der Waals surface area contributed by atoms with Gasteiger partial charge in [0.2, 0.25) is 0 Å². The van der Waals surface area contributed by atoms with Gasteiger partial charge in [0, 0.05) is 48.6 Å². The molecule has 38 heavy (non-hydrogen) atoms. The van der Waals surface area contributed by atoms with Crippen LogP contribution in [-0.4, -0.2) is 55.7 Å². The van der Waals surface area contributed by atoms with Crippen LogP contribution in [0.4, 0.5) is 4.39 Å². The van der Waals surface area contributed by atoms with Gasteiger partial charge >= 0.3 is 5.69 Å². The van der Waals surface area contributed by atoms with Gasteiger partial charge in [0.1, 0.15) is 13.0 Å². The fraction of sp³-hybridized carbons (Fsp3) is 0.385. The predicted octanol–water partition coefficient (Wildman–Crippen LogP) is 3.04. The van der Waals surface area contributed by atoms with Gasteiger partial charge in [-0.2, -0.15) is 5.10 Å². The number of halogens is 3. The zero-order chi connectivity index (χ0) is 26.1. The highest BCUT2D eigenvalue weighted by atomic mass is 35.5. The summed E-state index contributed by atoms with van der Waals surface area (Å²) >= 11 is 6.48. The number of fused-ring (bicyclic) bond motifs is 1. The van der Waals surface area contributed by atoms with Crippen molar-refractivity contribution < 1.29 is 9.13 Å². The summed E-state index contributed by atoms with van der Waals surface area (Å²) in [5.41, 5.74) is 4.08. The van der Waals surface area contributed by atoms with E-state index in [1.54, 1.807) is 10.7 Å². The second kappa shape index (κ2) is 11.8. The van der Waals surface area contributed by atoms with E-state index in [9.17, 15) is 14.0 Å². The lowest BCUT2D eigenvalue weighted by Crippen LogP contribution is -2.44. The minimum absolute atomic E-state index is 0. The fourth-order valence-electron chi connectivity index (χ4n) is 4.90. The van der Waals surface area contributed by atoms with E-state index in [0.717, 1.165) is 34.3 Å². The Bertz CT molecular complexity index is 1570. The normalized spacial score (nSPS) is 17.5. The molecule has 1 aliphatic rings. The summed E-state index contributed by atoms with van der Waals surface area (Å²) in [4.78, 5) is 29.7. The lowest BCUT2D eigenvalue weighted by atomic mass is 9.93. The Labute approximate surface area is 229 Å². The van der Waals surface area contributed by atoms with Gasteiger partial charge in [-0.15, -0.1) is 12.4 Å². The second-order valence-corrected chi connectivity index (χ2v) is 9.81. The third kappa shape index (κ3) is 5.68. The molecule has 0 amide bonds. The Hall–Kier alpha value is -3.05. The van der Waals surface area contributed by atoms with Gasteiger partial charge < -0.3 is 10.1 Å². The van der Waals surface area contributed by atoms with Crippen LogP contribution < -0.4 is 16.6 Å². The number of rotatable bonds is 7. The summed E-state index contributed by atoms with van der Waals surface area (Å²) < 4.78 is 22.9. The zero-order valence-corrected chi connectivity index (χ0v) is 22.6. The molecule has 4 heterocycles. The number of benzene rings is 1. The van der Waals surface area contributed by atoms with Crippen LogP contribution >= 0.6 is 24.0 Å². The Balaban J connectivity index is 0.00000336. The van der Waals surface area contributed by atoms with Crippen LogP contribution in [0.3, 0.4) is 0 Å². The van der Waals surface area contributed by atoms with E-state index in [2.05, 4.69) is 22.3 Å². The lowest BCUT2D eigenvalue weighted by molar-refractivity contribution is -0.0262. The highest BCUT2D eigenvalue weighted by Crippen LogP contribution is 2.33. The van der Waals surface area contributed by atoms with Crippen molar-refractivity contribution >= 4 is 29.5 Å². The molecule has 9 nitrogen and oxygen atoms in total. The fourth-order valence-corrected chi connectivity index (χ4v) is 5.17. The van der Waals surface area contributed by atoms with Crippen LogP contribution in [0.1, 0.15) is 23.6 Å². The van der Waals surface area contributed by atoms with Crippen molar-refractivity contribution in [2.45, 2.75) is 45.6 Å². The van der Waals surface area contributed by atoms with Gasteiger partial charge in [0.05, 0.1) is 36.5 Å². The summed E-state index contributed by atoms with van der Waals surface area (Å²) in [5, 5.41) is 8.35. The summed E-state index contributed by atoms with van der Waals surface area (Å²) in [6, 6.07) is 6.96. The van der Waals surface area contributed by atoms with E-state index in [4.69, 9.17) is 16.3 Å². The van der Waals surface area contributed by atoms with Crippen molar-refractivity contribution in [1.82, 2.24) is 29.0 Å². The van der Waals surface area contributed by atoms with E-state index < -0.39 is 17.9 Å². The van der Waals surface area contributed by atoms with Gasteiger partial charge in [-0.25, -0.2) is 18.7 Å². The molecule has 0 aliphatic carbocycles. The number of alkyl halides is 1. The standard InChI is InChI=1S/C26H28ClFN6O3.ClH/c1-16-7-19(27)9-22(21(16)10-20-12-29-11-17(2)37-20)25-23-8-18(14-34(23)31-15-30-25)13-33-24(35)3-5-32(6-4-28)26(33)36;/h3,5,7-9,14-15,17,20,29H,4,6,10-13H2,1-2H3;1H/t17-,20?;/m0./s1. The molecule has 0 spiro atoms. The van der Waals surface area contributed by atoms with E-state index in [1.165, 1.54) is 23.2 Å². The van der Waals surface area contributed by atoms with Crippen LogP contribution in [0.25, 0.3) is 16.8 Å². The maximum absolute atomic E-state index is 12.8. The van der Waals surface area contributed by atoms with Crippen molar-refractivity contribution in [1.29, 1.82) is 0 Å². The van der Waals surface area contributed by atoms with Crippen LogP contribution in [0, 0.1) is 6.92 Å². The Morgan fingerprint density at radius 1 is 1.24 bits per heavy atom. The van der Waals surface area contributed by atoms with Gasteiger partial charge in [-0.3, -0.25) is 13.9 Å². The number of hydrogen-bond acceptors (Lipinski definition) is 6. The number of nitrogens with zero attached hydrogens (tertiary/aromatic N) is 5. The Kier molecular flexibility index (Phi) is 8.67. The highest BCUT2D eigenvalue weighted by Gasteiger charge is 2.23. The van der Waals surface area contributed by atoms with Gasteiger partial charge in [0.25, 0.3) is 5.56 Å². The number of morpholine rings is 1. The number of aromatic nitrogens is 5. The molecule has 5 rings (SSSR count). The molecule has 1 fully saturated rings. The lowest BCUT2D eigenvalue weighted by Gasteiger charge is -2.30. The molecule has 3 aromatic heterocycles. The molecule has 1 aromatic carbocycles. The average molecular weight is 563 g/mol. The maximum atomic E-state index is 12.8. The van der Waals surface area contributed by atoms with Crippen molar-refractivity contribution in [2.75, 3.05) is 19.8 Å². The van der Waals surface area contributed by atoms with Crippen LogP contribution in [0.2, 0.25) is 5.02 Å². The Morgan fingerprint density at radius 2 is 2.05 bits per heavy atom. The zero-order valence-electron chi connectivity index (χ0n) is 21.1. The highest BCUT2D eigenvalue weighted by molar-refractivity contribution is 6.31. The van der Waals surface area contributed by atoms with E-state index >= 15 is 0 Å². The van der Waals surface area contributed by atoms with Crippen LogP contribution in [0.5, 0.6) is 0 Å². The minimum atomic E-state index is -0.699. The second-order valence-electron chi connectivity index (χ2n) is 9.37. The SMILES string of the molecule is Cc1cc(Cl)cc(-c2ncnn3cc(Cn4c(=O)ccn(CCF)c4=O)cc23)c1CC1CNC[C@H](C)O1.Cl. The molecule has 4 aromatic rings. The van der Waals surface area contributed by atoms with Crippen molar-refractivity contribution in [2.24, 2.45) is 0 Å². The van der Waals surface area contributed by atoms with Gasteiger partial charge in [-0.1, -0.05) is 11.6 Å². The van der Waals surface area contributed by atoms with Crippen molar-refractivity contribution in [3.8, 4) is 11.3 Å². The van der Waals surface area contributed by atoms with Gasteiger partial charge in [0.15, 0.2) is 0 Å². The van der Waals surface area contributed by atoms with Crippen LogP contribution in [0.15, 0.2) is 52.6 Å². The molecular weight excluding hydrogens is 534 g/mol. The molecule has 0 radical (unpaired) electrons. The van der Waals surface area contributed by atoms with Gasteiger partial charge in [-0.05, 0) is 48.7 Å².